The second kappa shape index (κ2) is 8.48. The molecule has 3 aromatic rings. The third-order valence-corrected chi connectivity index (χ3v) is 7.27. The van der Waals surface area contributed by atoms with E-state index in [0.29, 0.717) is 25.2 Å². The SMILES string of the molecule is C=CC(=O)N1Cc2cccc(NC)c2C1.O=Cc1ccc2cc3n(c2c1)C1(CCC1)CNC3=O. The summed E-state index contributed by atoms with van der Waals surface area (Å²) in [5.41, 5.74) is 5.97. The Bertz CT molecular complexity index is 1320. The number of nitrogens with one attached hydrogen (secondary N) is 2. The Morgan fingerprint density at radius 2 is 2.00 bits per heavy atom. The summed E-state index contributed by atoms with van der Waals surface area (Å²) in [5, 5.41) is 7.16. The number of hydrogen-bond acceptors (Lipinski definition) is 4. The molecule has 1 aromatic heterocycles. The molecule has 3 aliphatic rings. The highest BCUT2D eigenvalue weighted by molar-refractivity contribution is 6.01. The molecule has 2 aromatic carbocycles. The molecule has 3 heterocycles. The summed E-state index contributed by atoms with van der Waals surface area (Å²) in [7, 11) is 1.90. The molecule has 1 saturated carbocycles. The lowest BCUT2D eigenvalue weighted by Gasteiger charge is -2.47. The number of rotatable bonds is 3. The number of benzene rings is 2. The number of fused-ring (bicyclic) bond motifs is 5. The number of amides is 2. The lowest BCUT2D eigenvalue weighted by Crippen LogP contribution is -2.55. The average Bonchev–Trinajstić information content (AvgIpc) is 3.45. The molecule has 0 bridgehead atoms. The normalized spacial score (nSPS) is 17.1. The Balaban J connectivity index is 0.000000146. The van der Waals surface area contributed by atoms with Gasteiger partial charge in [0.1, 0.15) is 12.0 Å². The largest absolute Gasteiger partial charge is 0.388 e. The third kappa shape index (κ3) is 3.48. The molecule has 7 nitrogen and oxygen atoms in total. The van der Waals surface area contributed by atoms with Gasteiger partial charge in [0.05, 0.1) is 5.54 Å². The molecule has 34 heavy (non-hydrogen) atoms. The molecule has 7 heteroatoms. The number of carbonyl (C=O) groups is 3. The lowest BCUT2D eigenvalue weighted by atomic mass is 9.75. The van der Waals surface area contributed by atoms with Gasteiger partial charge in [0, 0.05) is 48.8 Å². The quantitative estimate of drug-likeness (QED) is 0.464. The number of anilines is 1. The highest BCUT2D eigenvalue weighted by Gasteiger charge is 2.44. The summed E-state index contributed by atoms with van der Waals surface area (Å²) in [4.78, 5) is 36.3. The predicted octanol–water partition coefficient (Wildman–Crippen LogP) is 3.83. The minimum atomic E-state index is -0.0126. The van der Waals surface area contributed by atoms with Gasteiger partial charge in [0.25, 0.3) is 5.91 Å². The monoisotopic (exact) mass is 456 g/mol. The van der Waals surface area contributed by atoms with E-state index in [9.17, 15) is 14.4 Å². The predicted molar refractivity (Wildman–Crippen MR) is 132 cm³/mol. The molecular formula is C27H28N4O3. The van der Waals surface area contributed by atoms with E-state index in [1.54, 1.807) is 11.0 Å². The molecule has 174 valence electrons. The fourth-order valence-electron chi connectivity index (χ4n) is 5.31. The van der Waals surface area contributed by atoms with Gasteiger partial charge in [-0.15, -0.1) is 0 Å². The van der Waals surface area contributed by atoms with Gasteiger partial charge in [-0.1, -0.05) is 30.8 Å². The van der Waals surface area contributed by atoms with Crippen LogP contribution in [0.1, 0.15) is 51.2 Å². The summed E-state index contributed by atoms with van der Waals surface area (Å²) in [6, 6.07) is 13.6. The molecule has 6 rings (SSSR count). The smallest absolute Gasteiger partial charge is 0.268 e. The zero-order valence-corrected chi connectivity index (χ0v) is 19.3. The van der Waals surface area contributed by atoms with E-state index in [1.807, 2.05) is 37.4 Å². The van der Waals surface area contributed by atoms with Gasteiger partial charge < -0.3 is 20.1 Å². The van der Waals surface area contributed by atoms with Crippen molar-refractivity contribution in [1.82, 2.24) is 14.8 Å². The Kier molecular flexibility index (Phi) is 5.48. The number of aldehydes is 1. The van der Waals surface area contributed by atoms with E-state index in [-0.39, 0.29) is 17.4 Å². The summed E-state index contributed by atoms with van der Waals surface area (Å²) in [5.74, 6) is -0.0189. The molecule has 2 aliphatic heterocycles. The van der Waals surface area contributed by atoms with Gasteiger partial charge in [0.15, 0.2) is 0 Å². The standard InChI is InChI=1S/C15H14N2O2.C12H14N2O/c18-8-10-2-3-11-7-13-14(19)16-9-15(4-1-5-15)17(13)12(11)6-10;1-3-12(15)14-7-9-5-4-6-11(13-2)10(9)8-14/h2-3,6-8H,1,4-5,9H2,(H,16,19);3-6,13H,1,7-8H2,2H3. The van der Waals surface area contributed by atoms with Crippen LogP contribution in [0.3, 0.4) is 0 Å². The Labute approximate surface area is 198 Å². The van der Waals surface area contributed by atoms with Crippen molar-refractivity contribution in [3.05, 3.63) is 77.5 Å². The first-order valence-electron chi connectivity index (χ1n) is 11.6. The first-order valence-corrected chi connectivity index (χ1v) is 11.6. The maximum atomic E-state index is 12.0. The van der Waals surface area contributed by atoms with Gasteiger partial charge >= 0.3 is 0 Å². The maximum absolute atomic E-state index is 12.0. The van der Waals surface area contributed by atoms with E-state index in [0.717, 1.165) is 41.4 Å². The molecule has 0 saturated heterocycles. The first kappa shape index (κ1) is 21.9. The van der Waals surface area contributed by atoms with Crippen LogP contribution in [0.15, 0.2) is 55.1 Å². The number of hydrogen-bond donors (Lipinski definition) is 2. The second-order valence-electron chi connectivity index (χ2n) is 9.15. The van der Waals surface area contributed by atoms with E-state index >= 15 is 0 Å². The van der Waals surface area contributed by atoms with E-state index in [2.05, 4.69) is 27.8 Å². The molecule has 0 unspecified atom stereocenters. The van der Waals surface area contributed by atoms with Crippen LogP contribution in [-0.4, -0.2) is 41.2 Å². The van der Waals surface area contributed by atoms with Crippen LogP contribution in [0.4, 0.5) is 5.69 Å². The molecular weight excluding hydrogens is 428 g/mol. The maximum Gasteiger partial charge on any atom is 0.268 e. The molecule has 0 radical (unpaired) electrons. The topological polar surface area (TPSA) is 83.4 Å². The van der Waals surface area contributed by atoms with Crippen molar-refractivity contribution in [2.45, 2.75) is 37.9 Å². The fourth-order valence-corrected chi connectivity index (χ4v) is 5.31. The lowest BCUT2D eigenvalue weighted by molar-refractivity contribution is -0.126. The number of nitrogens with zero attached hydrogens (tertiary/aromatic N) is 2. The van der Waals surface area contributed by atoms with E-state index in [1.165, 1.54) is 23.6 Å². The molecule has 2 N–H and O–H groups in total. The highest BCUT2D eigenvalue weighted by atomic mass is 16.2. The Morgan fingerprint density at radius 3 is 2.68 bits per heavy atom. The summed E-state index contributed by atoms with van der Waals surface area (Å²) < 4.78 is 2.16. The molecule has 0 atom stereocenters. The average molecular weight is 457 g/mol. The van der Waals surface area contributed by atoms with Crippen LogP contribution in [0.5, 0.6) is 0 Å². The zero-order valence-electron chi connectivity index (χ0n) is 19.3. The van der Waals surface area contributed by atoms with Gasteiger partial charge in [-0.2, -0.15) is 0 Å². The summed E-state index contributed by atoms with van der Waals surface area (Å²) in [6.45, 7) is 5.57. The third-order valence-electron chi connectivity index (χ3n) is 7.27. The van der Waals surface area contributed by atoms with Crippen molar-refractivity contribution in [3.63, 3.8) is 0 Å². The Hall–Kier alpha value is -3.87. The van der Waals surface area contributed by atoms with Crippen LogP contribution in [0.2, 0.25) is 0 Å². The van der Waals surface area contributed by atoms with Crippen LogP contribution in [0.25, 0.3) is 10.9 Å². The minimum absolute atomic E-state index is 0.00625. The van der Waals surface area contributed by atoms with Crippen molar-refractivity contribution in [1.29, 1.82) is 0 Å². The van der Waals surface area contributed by atoms with Crippen LogP contribution in [0, 0.1) is 0 Å². The van der Waals surface area contributed by atoms with Gasteiger partial charge in [-0.3, -0.25) is 14.4 Å². The fraction of sp³-hybridized carbons (Fsp3) is 0.296. The van der Waals surface area contributed by atoms with Crippen LogP contribution in [-0.2, 0) is 23.4 Å². The molecule has 1 spiro atoms. The number of aromatic nitrogens is 1. The summed E-state index contributed by atoms with van der Waals surface area (Å²) in [6.07, 6.45) is 5.60. The van der Waals surface area contributed by atoms with Gasteiger partial charge in [-0.25, -0.2) is 0 Å². The van der Waals surface area contributed by atoms with Crippen molar-refractivity contribution >= 4 is 34.7 Å². The van der Waals surface area contributed by atoms with Gasteiger partial charge in [-0.05, 0) is 54.7 Å². The van der Waals surface area contributed by atoms with Crippen molar-refractivity contribution in [3.8, 4) is 0 Å². The second-order valence-corrected chi connectivity index (χ2v) is 9.15. The van der Waals surface area contributed by atoms with Gasteiger partial charge in [0.2, 0.25) is 5.91 Å². The van der Waals surface area contributed by atoms with E-state index in [4.69, 9.17) is 0 Å². The molecule has 1 fully saturated rings. The van der Waals surface area contributed by atoms with Crippen molar-refractivity contribution in [2.75, 3.05) is 18.9 Å². The van der Waals surface area contributed by atoms with Crippen molar-refractivity contribution in [2.24, 2.45) is 0 Å². The highest BCUT2D eigenvalue weighted by Crippen LogP contribution is 2.44. The van der Waals surface area contributed by atoms with Crippen LogP contribution >= 0.6 is 0 Å². The van der Waals surface area contributed by atoms with Crippen molar-refractivity contribution < 1.29 is 14.4 Å². The molecule has 2 amide bonds. The van der Waals surface area contributed by atoms with Crippen LogP contribution < -0.4 is 10.6 Å². The van der Waals surface area contributed by atoms with E-state index < -0.39 is 0 Å². The zero-order chi connectivity index (χ0) is 23.9. The summed E-state index contributed by atoms with van der Waals surface area (Å²) >= 11 is 0. The minimum Gasteiger partial charge on any atom is -0.388 e. The molecule has 1 aliphatic carbocycles. The Morgan fingerprint density at radius 1 is 1.18 bits per heavy atom. The first-order chi connectivity index (χ1) is 16.5. The number of carbonyl (C=O) groups excluding carboxylic acids is 3.